The van der Waals surface area contributed by atoms with E-state index in [0.29, 0.717) is 24.2 Å². The first kappa shape index (κ1) is 16.1. The molecule has 0 spiro atoms. The van der Waals surface area contributed by atoms with Crippen LogP contribution >= 0.6 is 22.9 Å². The van der Waals surface area contributed by atoms with Crippen LogP contribution in [0.25, 0.3) is 10.2 Å². The Labute approximate surface area is 143 Å². The highest BCUT2D eigenvalue weighted by Gasteiger charge is 2.29. The van der Waals surface area contributed by atoms with E-state index in [1.165, 1.54) is 11.3 Å². The Balaban J connectivity index is 2.10. The fourth-order valence-electron chi connectivity index (χ4n) is 2.35. The molecule has 1 aliphatic heterocycles. The first-order chi connectivity index (χ1) is 10.8. The van der Waals surface area contributed by atoms with Gasteiger partial charge in [0.25, 0.3) is 0 Å². The van der Waals surface area contributed by atoms with Gasteiger partial charge in [-0.05, 0) is 12.1 Å². The van der Waals surface area contributed by atoms with Gasteiger partial charge in [-0.25, -0.2) is 5.01 Å². The van der Waals surface area contributed by atoms with Crippen molar-refractivity contribution in [2.24, 2.45) is 10.5 Å². The van der Waals surface area contributed by atoms with Crippen LogP contribution in [0.2, 0.25) is 5.02 Å². The number of hydrogen-bond acceptors (Lipinski definition) is 5. The second kappa shape index (κ2) is 5.69. The summed E-state index contributed by atoms with van der Waals surface area (Å²) in [5, 5.41) is 6.79. The van der Waals surface area contributed by atoms with Crippen LogP contribution in [0.15, 0.2) is 34.7 Å². The third-order valence-electron chi connectivity index (χ3n) is 3.50. The van der Waals surface area contributed by atoms with E-state index in [1.54, 1.807) is 15.7 Å². The molecule has 122 valence electrons. The molecule has 0 N–H and O–H groups in total. The molecule has 0 aliphatic carbocycles. The van der Waals surface area contributed by atoms with Gasteiger partial charge in [-0.1, -0.05) is 49.8 Å². The third kappa shape index (κ3) is 2.88. The smallest absolute Gasteiger partial charge is 0.308 e. The van der Waals surface area contributed by atoms with Gasteiger partial charge < -0.3 is 4.74 Å². The molecule has 0 bridgehead atoms. The lowest BCUT2D eigenvalue weighted by molar-refractivity contribution is 0.296. The molecule has 1 aliphatic rings. The molecule has 1 aromatic carbocycles. The van der Waals surface area contributed by atoms with E-state index in [0.717, 1.165) is 15.9 Å². The van der Waals surface area contributed by atoms with Crippen LogP contribution < -0.4 is 9.88 Å². The summed E-state index contributed by atoms with van der Waals surface area (Å²) in [5.41, 5.74) is 1.39. The summed E-state index contributed by atoms with van der Waals surface area (Å²) in [6.45, 7) is 10.6. The predicted octanol–water partition coefficient (Wildman–Crippen LogP) is 4.06. The van der Waals surface area contributed by atoms with Crippen molar-refractivity contribution in [3.8, 4) is 0 Å². The number of benzene rings is 1. The number of nitrogens with zero attached hydrogens (tertiary/aromatic N) is 3. The number of aromatic nitrogens is 1. The van der Waals surface area contributed by atoms with E-state index in [9.17, 15) is 4.79 Å². The average molecular weight is 352 g/mol. The summed E-state index contributed by atoms with van der Waals surface area (Å²) in [6.07, 6.45) is 1.71. The Morgan fingerprint density at radius 3 is 2.83 bits per heavy atom. The topological polar surface area (TPSA) is 46.8 Å². The molecular formula is C16H18ClN3O2S. The first-order valence-electron chi connectivity index (χ1n) is 7.24. The van der Waals surface area contributed by atoms with Gasteiger partial charge >= 0.3 is 4.87 Å². The Morgan fingerprint density at radius 1 is 1.48 bits per heavy atom. The van der Waals surface area contributed by atoms with Gasteiger partial charge in [0.1, 0.15) is 0 Å². The number of allylic oxidation sites excluding steroid dienone is 1. The minimum absolute atomic E-state index is 0.0235. The van der Waals surface area contributed by atoms with E-state index >= 15 is 0 Å². The molecule has 0 saturated heterocycles. The molecule has 0 amide bonds. The van der Waals surface area contributed by atoms with Gasteiger partial charge in [-0.2, -0.15) is 0 Å². The second-order valence-corrected chi connectivity index (χ2v) is 7.77. The van der Waals surface area contributed by atoms with Crippen molar-refractivity contribution in [2.75, 3.05) is 11.7 Å². The average Bonchev–Trinajstić information content (AvgIpc) is 3.04. The highest BCUT2D eigenvalue weighted by Crippen LogP contribution is 2.35. The van der Waals surface area contributed by atoms with E-state index in [2.05, 4.69) is 11.7 Å². The van der Waals surface area contributed by atoms with Crippen molar-refractivity contribution in [3.63, 3.8) is 0 Å². The van der Waals surface area contributed by atoms with E-state index in [1.807, 2.05) is 32.9 Å². The largest absolute Gasteiger partial charge is 0.456 e. The molecule has 2 heterocycles. The van der Waals surface area contributed by atoms with Crippen LogP contribution in [0.5, 0.6) is 0 Å². The molecule has 1 aromatic heterocycles. The lowest BCUT2D eigenvalue weighted by Crippen LogP contribution is -2.20. The first-order valence-corrected chi connectivity index (χ1v) is 8.44. The molecule has 2 aromatic rings. The Bertz CT molecular complexity index is 861. The fraction of sp³-hybridized carbons (Fsp3) is 0.375. The highest BCUT2D eigenvalue weighted by atomic mass is 35.5. The summed E-state index contributed by atoms with van der Waals surface area (Å²) in [5.74, 6) is 0.669. The molecule has 0 radical (unpaired) electrons. The van der Waals surface area contributed by atoms with Gasteiger partial charge in [0.2, 0.25) is 5.90 Å². The predicted molar refractivity (Wildman–Crippen MR) is 96.6 cm³/mol. The minimum Gasteiger partial charge on any atom is -0.456 e. The minimum atomic E-state index is -0.168. The summed E-state index contributed by atoms with van der Waals surface area (Å²) < 4.78 is 8.20. The highest BCUT2D eigenvalue weighted by molar-refractivity contribution is 7.16. The van der Waals surface area contributed by atoms with Crippen molar-refractivity contribution in [3.05, 3.63) is 39.5 Å². The number of fused-ring (bicyclic) bond motifs is 1. The van der Waals surface area contributed by atoms with Crippen molar-refractivity contribution >= 4 is 44.7 Å². The van der Waals surface area contributed by atoms with Gasteiger partial charge in [-0.3, -0.25) is 9.36 Å². The van der Waals surface area contributed by atoms with Crippen molar-refractivity contribution in [1.29, 1.82) is 0 Å². The van der Waals surface area contributed by atoms with Crippen molar-refractivity contribution in [2.45, 2.75) is 27.3 Å². The molecule has 7 heteroatoms. The standard InChI is InChI=1S/C16H18ClN3O2S/c1-5-6-19-12-8-11(10(17)7-13(12)23-15(19)21)20-9-22-14(18-20)16(2,3)4/h5,7-8H,1,6,9H2,2-4H3. The number of anilines is 1. The fourth-order valence-corrected chi connectivity index (χ4v) is 3.60. The zero-order valence-corrected chi connectivity index (χ0v) is 14.9. The van der Waals surface area contributed by atoms with Crippen LogP contribution in [0.1, 0.15) is 20.8 Å². The number of hydrazone groups is 1. The zero-order valence-electron chi connectivity index (χ0n) is 13.3. The lowest BCUT2D eigenvalue weighted by Gasteiger charge is -2.15. The third-order valence-corrected chi connectivity index (χ3v) is 4.75. The van der Waals surface area contributed by atoms with E-state index in [4.69, 9.17) is 16.3 Å². The zero-order chi connectivity index (χ0) is 16.8. The molecular weight excluding hydrogens is 334 g/mol. The molecule has 5 nitrogen and oxygen atoms in total. The maximum atomic E-state index is 12.1. The monoisotopic (exact) mass is 351 g/mol. The van der Waals surface area contributed by atoms with E-state index < -0.39 is 0 Å². The summed E-state index contributed by atoms with van der Waals surface area (Å²) in [4.78, 5) is 12.1. The van der Waals surface area contributed by atoms with Gasteiger partial charge in [0.15, 0.2) is 6.73 Å². The van der Waals surface area contributed by atoms with Gasteiger partial charge in [-0.15, -0.1) is 11.7 Å². The molecule has 0 saturated carbocycles. The van der Waals surface area contributed by atoms with Crippen LogP contribution in [0.4, 0.5) is 5.69 Å². The number of rotatable bonds is 3. The Morgan fingerprint density at radius 2 is 2.22 bits per heavy atom. The maximum Gasteiger partial charge on any atom is 0.308 e. The number of thiazole rings is 1. The Hall–Kier alpha value is -1.79. The Kier molecular flexibility index (Phi) is 3.98. The number of halogens is 1. The quantitative estimate of drug-likeness (QED) is 0.783. The lowest BCUT2D eigenvalue weighted by atomic mass is 9.97. The molecule has 23 heavy (non-hydrogen) atoms. The normalized spacial score (nSPS) is 15.0. The molecule has 0 unspecified atom stereocenters. The molecule has 3 rings (SSSR count). The number of hydrogen-bond donors (Lipinski definition) is 0. The second-order valence-electron chi connectivity index (χ2n) is 6.37. The van der Waals surface area contributed by atoms with Gasteiger partial charge in [0, 0.05) is 12.0 Å². The summed E-state index contributed by atoms with van der Waals surface area (Å²) in [7, 11) is 0. The SMILES string of the molecule is C=CCn1c(=O)sc2cc(Cl)c(N3COC(C(C)(C)C)=N3)cc21. The number of ether oxygens (including phenoxy) is 1. The van der Waals surface area contributed by atoms with Gasteiger partial charge in [0.05, 0.1) is 20.9 Å². The van der Waals surface area contributed by atoms with Crippen LogP contribution in [0.3, 0.4) is 0 Å². The van der Waals surface area contributed by atoms with Crippen molar-refractivity contribution in [1.82, 2.24) is 4.57 Å². The molecule has 0 fully saturated rings. The van der Waals surface area contributed by atoms with Crippen LogP contribution in [0, 0.1) is 5.41 Å². The summed E-state index contributed by atoms with van der Waals surface area (Å²) >= 11 is 7.57. The van der Waals surface area contributed by atoms with Crippen molar-refractivity contribution < 1.29 is 4.74 Å². The van der Waals surface area contributed by atoms with Crippen LogP contribution in [-0.4, -0.2) is 17.2 Å². The molecule has 0 atom stereocenters. The van der Waals surface area contributed by atoms with Crippen LogP contribution in [-0.2, 0) is 11.3 Å². The van der Waals surface area contributed by atoms with E-state index in [-0.39, 0.29) is 10.3 Å². The maximum absolute atomic E-state index is 12.1. The summed E-state index contributed by atoms with van der Waals surface area (Å²) in [6, 6.07) is 3.69.